The smallest absolute Gasteiger partial charge is 0.267 e. The number of amides is 10. The molecular formula is C53H90N12O11. The number of methoxy groups -OCH3 is 1. The molecule has 0 aliphatic carbocycles. The second-order valence-electron chi connectivity index (χ2n) is 21.3. The summed E-state index contributed by atoms with van der Waals surface area (Å²) in [6.07, 6.45) is 4.64. The number of unbranched alkanes of at least 4 members (excludes halogenated alkanes) is 2. The molecule has 1 aromatic rings. The van der Waals surface area contributed by atoms with Crippen LogP contribution in [-0.2, 0) is 47.9 Å². The van der Waals surface area contributed by atoms with Crippen LogP contribution in [0, 0.1) is 23.7 Å². The van der Waals surface area contributed by atoms with Gasteiger partial charge in [-0.2, -0.15) is 5.10 Å². The van der Waals surface area contributed by atoms with E-state index in [-0.39, 0.29) is 42.4 Å². The first kappa shape index (κ1) is 67.2. The third-order valence-corrected chi connectivity index (χ3v) is 12.0. The highest BCUT2D eigenvalue weighted by Gasteiger charge is 2.47. The molecule has 2 rings (SSSR count). The number of primary amides is 1. The predicted octanol–water partition coefficient (Wildman–Crippen LogP) is 1.81. The SMILES string of the molecule is CC(=O)NC(C(=O)NCC(=O)N[C@@H](CC(C)C)C(=O)NC(C)(C)C(=O)NC(C(=O)NCC(=O)NC(CC(C)C)C(N)=O)C(C)C)C(C)C.CCCCNC(=O)C1=NN(c2ccc(OC)cc2)C(C)(C(=O)NCCCC)C1. The summed E-state index contributed by atoms with van der Waals surface area (Å²) in [6, 6.07) is 3.46. The van der Waals surface area contributed by atoms with E-state index in [2.05, 4.69) is 66.8 Å². The number of carbonyl (C=O) groups excluding carboxylic acids is 10. The van der Waals surface area contributed by atoms with E-state index in [1.54, 1.807) is 39.8 Å². The van der Waals surface area contributed by atoms with Gasteiger partial charge in [-0.3, -0.25) is 47.9 Å². The van der Waals surface area contributed by atoms with Crippen LogP contribution in [0.4, 0.5) is 5.69 Å². The summed E-state index contributed by atoms with van der Waals surface area (Å²) in [5.41, 5.74) is 3.98. The van der Waals surface area contributed by atoms with Crippen LogP contribution in [0.25, 0.3) is 0 Å². The molecule has 1 heterocycles. The van der Waals surface area contributed by atoms with E-state index in [0.717, 1.165) is 37.1 Å². The lowest BCUT2D eigenvalue weighted by Gasteiger charge is -2.33. The van der Waals surface area contributed by atoms with Gasteiger partial charge >= 0.3 is 0 Å². The zero-order valence-corrected chi connectivity index (χ0v) is 47.7. The molecule has 0 saturated carbocycles. The summed E-state index contributed by atoms with van der Waals surface area (Å²) >= 11 is 0. The minimum Gasteiger partial charge on any atom is -0.497 e. The zero-order valence-electron chi connectivity index (χ0n) is 47.7. The molecule has 11 N–H and O–H groups in total. The molecule has 4 unspecified atom stereocenters. The van der Waals surface area contributed by atoms with E-state index in [9.17, 15) is 47.9 Å². The number of hydrogen-bond acceptors (Lipinski definition) is 13. The van der Waals surface area contributed by atoms with Crippen LogP contribution in [0.3, 0.4) is 0 Å². The maximum absolute atomic E-state index is 13.3. The highest BCUT2D eigenvalue weighted by atomic mass is 16.5. The molecule has 10 amide bonds. The number of rotatable bonds is 30. The van der Waals surface area contributed by atoms with Crippen molar-refractivity contribution >= 4 is 70.5 Å². The maximum Gasteiger partial charge on any atom is 0.267 e. The normalized spacial score (nSPS) is 15.7. The zero-order chi connectivity index (χ0) is 58.1. The fourth-order valence-corrected chi connectivity index (χ4v) is 7.61. The highest BCUT2D eigenvalue weighted by Crippen LogP contribution is 2.34. The van der Waals surface area contributed by atoms with Crippen molar-refractivity contribution in [1.29, 1.82) is 0 Å². The van der Waals surface area contributed by atoms with E-state index in [4.69, 9.17) is 10.5 Å². The van der Waals surface area contributed by atoms with E-state index < -0.39 is 102 Å². The van der Waals surface area contributed by atoms with Crippen molar-refractivity contribution in [3.05, 3.63) is 24.3 Å². The lowest BCUT2D eigenvalue weighted by molar-refractivity contribution is -0.137. The summed E-state index contributed by atoms with van der Waals surface area (Å²) in [7, 11) is 1.60. The van der Waals surface area contributed by atoms with E-state index >= 15 is 0 Å². The molecule has 0 bridgehead atoms. The average molecular weight is 1070 g/mol. The number of benzene rings is 1. The molecule has 1 aromatic carbocycles. The van der Waals surface area contributed by atoms with Crippen molar-refractivity contribution in [3.8, 4) is 5.75 Å². The molecule has 428 valence electrons. The lowest BCUT2D eigenvalue weighted by atomic mass is 9.93. The molecule has 23 nitrogen and oxygen atoms in total. The maximum atomic E-state index is 13.3. The van der Waals surface area contributed by atoms with Gasteiger partial charge in [0.15, 0.2) is 0 Å². The molecule has 0 aromatic heterocycles. The van der Waals surface area contributed by atoms with Gasteiger partial charge in [-0.15, -0.1) is 0 Å². The largest absolute Gasteiger partial charge is 0.497 e. The molecule has 76 heavy (non-hydrogen) atoms. The Kier molecular flexibility index (Phi) is 28.8. The molecule has 0 spiro atoms. The molecule has 0 saturated heterocycles. The Balaban J connectivity index is 0.000000867. The van der Waals surface area contributed by atoms with Gasteiger partial charge in [-0.05, 0) is 94.4 Å². The molecule has 0 radical (unpaired) electrons. The predicted molar refractivity (Wildman–Crippen MR) is 291 cm³/mol. The Bertz CT molecular complexity index is 2160. The van der Waals surface area contributed by atoms with Crippen molar-refractivity contribution < 1.29 is 52.7 Å². The number of nitrogens with zero attached hydrogens (tertiary/aromatic N) is 2. The highest BCUT2D eigenvalue weighted by molar-refractivity contribution is 6.40. The quantitative estimate of drug-likeness (QED) is 0.0494. The van der Waals surface area contributed by atoms with Gasteiger partial charge in [0.25, 0.3) is 5.91 Å². The second kappa shape index (κ2) is 32.6. The fraction of sp³-hybridized carbons (Fsp3) is 0.679. The third kappa shape index (κ3) is 23.0. The Morgan fingerprint density at radius 1 is 0.684 bits per heavy atom. The molecule has 0 fully saturated rings. The van der Waals surface area contributed by atoms with Gasteiger partial charge < -0.3 is 58.3 Å². The van der Waals surface area contributed by atoms with Gasteiger partial charge in [-0.1, -0.05) is 82.1 Å². The van der Waals surface area contributed by atoms with Crippen molar-refractivity contribution in [3.63, 3.8) is 0 Å². The fourth-order valence-electron chi connectivity index (χ4n) is 7.61. The average Bonchev–Trinajstić information content (AvgIpc) is 3.70. The van der Waals surface area contributed by atoms with Crippen molar-refractivity contribution in [2.75, 3.05) is 38.3 Å². The topological polar surface area (TPSA) is 330 Å². The van der Waals surface area contributed by atoms with Crippen LogP contribution in [-0.4, -0.2) is 133 Å². The Hall–Kier alpha value is -6.81. The van der Waals surface area contributed by atoms with E-state index in [0.29, 0.717) is 25.2 Å². The molecule has 23 heteroatoms. The monoisotopic (exact) mass is 1070 g/mol. The first-order valence-electron chi connectivity index (χ1n) is 26.4. The summed E-state index contributed by atoms with van der Waals surface area (Å²) < 4.78 is 5.21. The van der Waals surface area contributed by atoms with Crippen molar-refractivity contribution in [2.24, 2.45) is 34.5 Å². The van der Waals surface area contributed by atoms with Crippen LogP contribution >= 0.6 is 0 Å². The number of hydrazone groups is 1. The second-order valence-corrected chi connectivity index (χ2v) is 21.3. The minimum atomic E-state index is -1.54. The molecular weight excluding hydrogens is 981 g/mol. The Morgan fingerprint density at radius 3 is 1.61 bits per heavy atom. The van der Waals surface area contributed by atoms with Crippen LogP contribution in [0.2, 0.25) is 0 Å². The first-order chi connectivity index (χ1) is 35.4. The van der Waals surface area contributed by atoms with Crippen molar-refractivity contribution in [2.45, 2.75) is 177 Å². The van der Waals surface area contributed by atoms with E-state index in [1.165, 1.54) is 20.8 Å². The van der Waals surface area contributed by atoms with Gasteiger partial charge in [0.2, 0.25) is 53.2 Å². The van der Waals surface area contributed by atoms with Gasteiger partial charge in [0.1, 0.15) is 46.7 Å². The third-order valence-electron chi connectivity index (χ3n) is 12.0. The summed E-state index contributed by atoms with van der Waals surface area (Å²) in [5, 5.41) is 29.9. The van der Waals surface area contributed by atoms with Gasteiger partial charge in [0, 0.05) is 26.4 Å². The molecule has 1 aliphatic rings. The number of nitrogens with one attached hydrogen (secondary N) is 9. The molecule has 1 aliphatic heterocycles. The summed E-state index contributed by atoms with van der Waals surface area (Å²) in [6.45, 7) is 24.7. The first-order valence-corrected chi connectivity index (χ1v) is 26.4. The number of carbonyl (C=O) groups is 10. The Labute approximate surface area is 449 Å². The minimum absolute atomic E-state index is 0.0347. The standard InChI is InChI=1S/C32H58N8O8.C21H32N4O3/c1-16(2)12-21(27(33)44)37-23(42)14-35-30(47)26(19(7)8)39-31(48)32(10,11)40-28(45)22(13-17(3)4)38-24(43)15-34-29(46)25(18(5)6)36-20(9)41;1-5-7-13-22-19(26)18-15-21(3,20(27)23-14-8-6-2)25(24-18)16-9-11-17(28-4)12-10-16/h16-19,21-22,25-26H,12-15H2,1-11H3,(H2,33,44)(H,34,46)(H,35,47)(H,36,41)(H,37,42)(H,38,43)(H,39,48)(H,40,45);9-12H,5-8,13-15H2,1-4H3,(H,22,26)(H,23,27)/t21?,22-,25?,26?;/m0./s1. The van der Waals surface area contributed by atoms with Crippen LogP contribution < -0.4 is 63.3 Å². The van der Waals surface area contributed by atoms with Gasteiger partial charge in [0.05, 0.1) is 25.9 Å². The van der Waals surface area contributed by atoms with Crippen molar-refractivity contribution in [1.82, 2.24) is 47.9 Å². The van der Waals surface area contributed by atoms with Crippen LogP contribution in [0.15, 0.2) is 29.4 Å². The number of hydrogen-bond donors (Lipinski definition) is 10. The number of anilines is 1. The lowest BCUT2D eigenvalue weighted by Crippen LogP contribution is -2.63. The van der Waals surface area contributed by atoms with Gasteiger partial charge in [-0.25, -0.2) is 5.01 Å². The Morgan fingerprint density at radius 2 is 1.16 bits per heavy atom. The summed E-state index contributed by atoms with van der Waals surface area (Å²) in [5.74, 6) is -5.13. The van der Waals surface area contributed by atoms with Crippen LogP contribution in [0.5, 0.6) is 5.75 Å². The summed E-state index contributed by atoms with van der Waals surface area (Å²) in [4.78, 5) is 126. The molecule has 5 atom stereocenters. The van der Waals surface area contributed by atoms with E-state index in [1.807, 2.05) is 58.9 Å². The van der Waals surface area contributed by atoms with Crippen LogP contribution in [0.1, 0.15) is 142 Å². The number of nitrogens with two attached hydrogens (primary N) is 1. The number of ether oxygens (including phenoxy) is 1.